The number of rotatable bonds is 8. The molecule has 11 heteroatoms. The van der Waals surface area contributed by atoms with Crippen LogP contribution >= 0.6 is 24.0 Å². The Hall–Kier alpha value is -0.820. The van der Waals surface area contributed by atoms with E-state index in [1.807, 2.05) is 6.92 Å². The van der Waals surface area contributed by atoms with E-state index in [0.29, 0.717) is 45.9 Å². The van der Waals surface area contributed by atoms with Gasteiger partial charge in [-0.05, 0) is 13.8 Å². The molecule has 9 nitrogen and oxygen atoms in total. The lowest BCUT2D eigenvalue weighted by molar-refractivity contribution is 0.0914. The molecule has 1 heterocycles. The van der Waals surface area contributed by atoms with E-state index in [-0.39, 0.29) is 42.4 Å². The van der Waals surface area contributed by atoms with Gasteiger partial charge in [0.1, 0.15) is 9.84 Å². The van der Waals surface area contributed by atoms with E-state index in [4.69, 9.17) is 9.47 Å². The lowest BCUT2D eigenvalue weighted by Crippen LogP contribution is -2.54. The summed E-state index contributed by atoms with van der Waals surface area (Å²) in [6.45, 7) is 8.45. The van der Waals surface area contributed by atoms with Gasteiger partial charge in [0, 0.05) is 39.0 Å². The van der Waals surface area contributed by atoms with Crippen LogP contribution in [-0.2, 0) is 19.3 Å². The first kappa shape index (κ1) is 25.2. The van der Waals surface area contributed by atoms with Crippen LogP contribution in [0.25, 0.3) is 0 Å². The molecule has 0 aliphatic carbocycles. The molecular formula is C15H31IN4O5S. The Balaban J connectivity index is 0.00000625. The van der Waals surface area contributed by atoms with Crippen molar-refractivity contribution in [3.63, 3.8) is 0 Å². The monoisotopic (exact) mass is 506 g/mol. The van der Waals surface area contributed by atoms with E-state index < -0.39 is 9.84 Å². The molecule has 0 aromatic rings. The summed E-state index contributed by atoms with van der Waals surface area (Å²) >= 11 is 0. The number of aliphatic imine (C=N–C) groups is 1. The first-order valence-electron chi connectivity index (χ1n) is 8.57. The van der Waals surface area contributed by atoms with Crippen molar-refractivity contribution in [3.8, 4) is 0 Å². The van der Waals surface area contributed by atoms with Gasteiger partial charge in [0.25, 0.3) is 0 Å². The summed E-state index contributed by atoms with van der Waals surface area (Å²) < 4.78 is 32.3. The highest BCUT2D eigenvalue weighted by Gasteiger charge is 2.23. The zero-order valence-corrected chi connectivity index (χ0v) is 18.9. The van der Waals surface area contributed by atoms with E-state index in [1.54, 1.807) is 11.8 Å². The Morgan fingerprint density at radius 1 is 1.12 bits per heavy atom. The van der Waals surface area contributed by atoms with Gasteiger partial charge >= 0.3 is 6.09 Å². The number of hydrogen-bond donors (Lipinski definition) is 1. The second-order valence-electron chi connectivity index (χ2n) is 5.65. The molecule has 0 atom stereocenters. The minimum Gasteiger partial charge on any atom is -0.450 e. The van der Waals surface area contributed by atoms with E-state index in [9.17, 15) is 13.2 Å². The third-order valence-corrected chi connectivity index (χ3v) is 4.44. The summed E-state index contributed by atoms with van der Waals surface area (Å²) in [4.78, 5) is 20.0. The lowest BCUT2D eigenvalue weighted by atomic mass is 10.3. The fourth-order valence-electron chi connectivity index (χ4n) is 2.27. The Kier molecular flexibility index (Phi) is 12.9. The molecule has 1 aliphatic heterocycles. The van der Waals surface area contributed by atoms with Crippen LogP contribution in [0.15, 0.2) is 4.99 Å². The van der Waals surface area contributed by atoms with Crippen LogP contribution in [0.3, 0.4) is 0 Å². The summed E-state index contributed by atoms with van der Waals surface area (Å²) in [6, 6.07) is 0. The molecule has 154 valence electrons. The number of ether oxygens (including phenoxy) is 2. The molecule has 0 bridgehead atoms. The second kappa shape index (κ2) is 13.4. The highest BCUT2D eigenvalue weighted by atomic mass is 127. The molecule has 1 aliphatic rings. The van der Waals surface area contributed by atoms with Crippen molar-refractivity contribution in [2.24, 2.45) is 4.99 Å². The minimum absolute atomic E-state index is 0. The van der Waals surface area contributed by atoms with Crippen LogP contribution < -0.4 is 5.32 Å². The van der Waals surface area contributed by atoms with Crippen molar-refractivity contribution < 1.29 is 22.7 Å². The quantitative estimate of drug-likeness (QED) is 0.220. The van der Waals surface area contributed by atoms with Crippen molar-refractivity contribution >= 4 is 45.9 Å². The molecule has 0 spiro atoms. The van der Waals surface area contributed by atoms with Gasteiger partial charge in [-0.3, -0.25) is 4.99 Å². The summed E-state index contributed by atoms with van der Waals surface area (Å²) in [5.41, 5.74) is 0. The molecule has 0 radical (unpaired) electrons. The summed E-state index contributed by atoms with van der Waals surface area (Å²) in [5.74, 6) is 0.796. The number of amides is 1. The Morgan fingerprint density at radius 2 is 1.73 bits per heavy atom. The standard InChI is InChI=1S/C15H30N4O5S.HI/c1-4-16-14(17-6-11-23-12-13-25(3,21)22)18-7-9-19(10-8-18)15(20)24-5-2;/h4-13H2,1-3H3,(H,16,17);1H. The largest absolute Gasteiger partial charge is 0.450 e. The molecule has 0 aromatic heterocycles. The molecular weight excluding hydrogens is 475 g/mol. The van der Waals surface area contributed by atoms with Crippen molar-refractivity contribution in [3.05, 3.63) is 0 Å². The fourth-order valence-corrected chi connectivity index (χ4v) is 2.69. The Labute approximate surface area is 173 Å². The Bertz CT molecular complexity index is 536. The van der Waals surface area contributed by atoms with E-state index >= 15 is 0 Å². The molecule has 0 saturated carbocycles. The number of carbonyl (C=O) groups is 1. The molecule has 1 N–H and O–H groups in total. The van der Waals surface area contributed by atoms with E-state index in [1.165, 1.54) is 6.26 Å². The lowest BCUT2D eigenvalue weighted by Gasteiger charge is -2.35. The number of nitrogens with zero attached hydrogens (tertiary/aromatic N) is 3. The van der Waals surface area contributed by atoms with Crippen LogP contribution in [0.4, 0.5) is 4.79 Å². The second-order valence-corrected chi connectivity index (χ2v) is 7.91. The predicted molar refractivity (Wildman–Crippen MR) is 112 cm³/mol. The van der Waals surface area contributed by atoms with E-state index in [2.05, 4.69) is 15.2 Å². The molecule has 0 unspecified atom stereocenters. The van der Waals surface area contributed by atoms with Crippen LogP contribution in [0.1, 0.15) is 13.8 Å². The number of piperazine rings is 1. The molecule has 1 saturated heterocycles. The van der Waals surface area contributed by atoms with Gasteiger partial charge in [-0.25, -0.2) is 13.2 Å². The number of hydrogen-bond acceptors (Lipinski definition) is 6. The van der Waals surface area contributed by atoms with Crippen molar-refractivity contribution in [2.75, 3.05) is 71.1 Å². The third kappa shape index (κ3) is 10.4. The van der Waals surface area contributed by atoms with Crippen LogP contribution in [0, 0.1) is 0 Å². The fraction of sp³-hybridized carbons (Fsp3) is 0.867. The van der Waals surface area contributed by atoms with Crippen molar-refractivity contribution in [1.82, 2.24) is 15.1 Å². The third-order valence-electron chi connectivity index (χ3n) is 3.54. The number of sulfone groups is 1. The van der Waals surface area contributed by atoms with Gasteiger partial charge in [-0.2, -0.15) is 0 Å². The number of halogens is 1. The van der Waals surface area contributed by atoms with Gasteiger partial charge in [0.15, 0.2) is 5.96 Å². The molecule has 1 fully saturated rings. The zero-order chi connectivity index (χ0) is 18.7. The SMILES string of the molecule is CCNC(=NCCOCCS(C)(=O)=O)N1CCN(C(=O)OCC)CC1.I. The van der Waals surface area contributed by atoms with Crippen LogP contribution in [-0.4, -0.2) is 101 Å². The molecule has 26 heavy (non-hydrogen) atoms. The maximum absolute atomic E-state index is 11.7. The minimum atomic E-state index is -2.99. The summed E-state index contributed by atoms with van der Waals surface area (Å²) in [5, 5.41) is 3.23. The molecule has 0 aromatic carbocycles. The van der Waals surface area contributed by atoms with Crippen molar-refractivity contribution in [1.29, 1.82) is 0 Å². The average molecular weight is 506 g/mol. The average Bonchev–Trinajstić information content (AvgIpc) is 2.56. The summed E-state index contributed by atoms with van der Waals surface area (Å²) in [7, 11) is -2.99. The molecule has 1 rings (SSSR count). The van der Waals surface area contributed by atoms with Gasteiger partial charge in [-0.1, -0.05) is 0 Å². The number of nitrogens with one attached hydrogen (secondary N) is 1. The zero-order valence-electron chi connectivity index (χ0n) is 15.8. The first-order chi connectivity index (χ1) is 11.9. The molecule has 1 amide bonds. The summed E-state index contributed by atoms with van der Waals surface area (Å²) in [6.07, 6.45) is 0.914. The smallest absolute Gasteiger partial charge is 0.409 e. The highest BCUT2D eigenvalue weighted by molar-refractivity contribution is 14.0. The number of carbonyl (C=O) groups excluding carboxylic acids is 1. The van der Waals surface area contributed by atoms with Gasteiger partial charge in [-0.15, -0.1) is 24.0 Å². The maximum Gasteiger partial charge on any atom is 0.409 e. The van der Waals surface area contributed by atoms with E-state index in [0.717, 1.165) is 12.5 Å². The van der Waals surface area contributed by atoms with Crippen LogP contribution in [0.5, 0.6) is 0 Å². The van der Waals surface area contributed by atoms with Crippen molar-refractivity contribution in [2.45, 2.75) is 13.8 Å². The maximum atomic E-state index is 11.7. The number of guanidine groups is 1. The normalized spacial score (nSPS) is 15.4. The van der Waals surface area contributed by atoms with Crippen LogP contribution in [0.2, 0.25) is 0 Å². The Morgan fingerprint density at radius 3 is 2.27 bits per heavy atom. The highest BCUT2D eigenvalue weighted by Crippen LogP contribution is 2.04. The van der Waals surface area contributed by atoms with Gasteiger partial charge in [0.2, 0.25) is 0 Å². The first-order valence-corrected chi connectivity index (χ1v) is 10.6. The predicted octanol–water partition coefficient (Wildman–Crippen LogP) is 0.405. The van der Waals surface area contributed by atoms with Gasteiger partial charge < -0.3 is 24.6 Å². The topological polar surface area (TPSA) is 101 Å². The van der Waals surface area contributed by atoms with Gasteiger partial charge in [0.05, 0.1) is 32.1 Å².